The molecule has 2 nitrogen and oxygen atoms in total. The van der Waals surface area contributed by atoms with Gasteiger partial charge in [-0.25, -0.2) is 4.39 Å². The van der Waals surface area contributed by atoms with E-state index in [4.69, 9.17) is 10.2 Å². The lowest BCUT2D eigenvalue weighted by atomic mass is 10.2. The van der Waals surface area contributed by atoms with E-state index >= 15 is 0 Å². The van der Waals surface area contributed by atoms with Gasteiger partial charge in [0, 0.05) is 21.5 Å². The first-order chi connectivity index (χ1) is 5.68. The minimum Gasteiger partial charge on any atom is -0.504 e. The van der Waals surface area contributed by atoms with Crippen molar-refractivity contribution in [3.8, 4) is 11.5 Å². The van der Waals surface area contributed by atoms with Gasteiger partial charge in [0.2, 0.25) is 0 Å². The summed E-state index contributed by atoms with van der Waals surface area (Å²) in [6.07, 6.45) is 0. The van der Waals surface area contributed by atoms with E-state index in [2.05, 4.69) is 0 Å². The van der Waals surface area contributed by atoms with Crippen LogP contribution >= 0.6 is 11.3 Å². The second-order valence-corrected chi connectivity index (χ2v) is 3.33. The molecule has 0 spiro atoms. The number of phenols is 2. The first-order valence-electron chi connectivity index (χ1n) is 3.27. The number of benzene rings is 1. The van der Waals surface area contributed by atoms with Crippen molar-refractivity contribution in [2.24, 2.45) is 0 Å². The van der Waals surface area contributed by atoms with Gasteiger partial charge in [-0.15, -0.1) is 11.3 Å². The number of aromatic hydroxyl groups is 2. The maximum absolute atomic E-state index is 12.9. The van der Waals surface area contributed by atoms with Crippen LogP contribution in [0.2, 0.25) is 0 Å². The Morgan fingerprint density at radius 3 is 2.58 bits per heavy atom. The maximum atomic E-state index is 12.9. The van der Waals surface area contributed by atoms with Crippen LogP contribution in [-0.4, -0.2) is 10.2 Å². The van der Waals surface area contributed by atoms with Gasteiger partial charge in [-0.2, -0.15) is 0 Å². The molecule has 12 heavy (non-hydrogen) atoms. The smallest absolute Gasteiger partial charge is 0.158 e. The number of hydrogen-bond acceptors (Lipinski definition) is 3. The maximum Gasteiger partial charge on any atom is 0.158 e. The number of rotatable bonds is 0. The number of hydrogen-bond donors (Lipinski definition) is 2. The highest BCUT2D eigenvalue weighted by Gasteiger charge is 2.07. The lowest BCUT2D eigenvalue weighted by Gasteiger charge is -1.96. The molecule has 0 unspecified atom stereocenters. The van der Waals surface area contributed by atoms with E-state index in [0.29, 0.717) is 10.1 Å². The van der Waals surface area contributed by atoms with Crippen molar-refractivity contribution in [3.05, 3.63) is 23.3 Å². The Kier molecular flexibility index (Phi) is 1.44. The molecule has 1 aromatic heterocycles. The molecule has 1 heterocycles. The summed E-state index contributed by atoms with van der Waals surface area (Å²) in [7, 11) is 0. The van der Waals surface area contributed by atoms with E-state index in [1.165, 1.54) is 28.8 Å². The van der Waals surface area contributed by atoms with Crippen molar-refractivity contribution in [2.75, 3.05) is 0 Å². The highest BCUT2D eigenvalue weighted by atomic mass is 32.1. The quantitative estimate of drug-likeness (QED) is 0.617. The fourth-order valence-corrected chi connectivity index (χ4v) is 1.84. The molecule has 0 saturated carbocycles. The highest BCUT2D eigenvalue weighted by Crippen LogP contribution is 2.34. The van der Waals surface area contributed by atoms with Crippen molar-refractivity contribution in [2.45, 2.75) is 0 Å². The molecule has 0 aliphatic carbocycles. The number of phenolic OH excluding ortho intramolecular Hbond substituents is 2. The Balaban J connectivity index is 2.87. The Morgan fingerprint density at radius 2 is 1.83 bits per heavy atom. The third-order valence-electron chi connectivity index (χ3n) is 1.62. The lowest BCUT2D eigenvalue weighted by Crippen LogP contribution is -1.70. The summed E-state index contributed by atoms with van der Waals surface area (Å²) in [5, 5.41) is 19.8. The van der Waals surface area contributed by atoms with Crippen LogP contribution < -0.4 is 0 Å². The lowest BCUT2D eigenvalue weighted by molar-refractivity contribution is 0.405. The highest BCUT2D eigenvalue weighted by molar-refractivity contribution is 7.17. The molecule has 0 amide bonds. The summed E-state index contributed by atoms with van der Waals surface area (Å²) >= 11 is 1.19. The minimum absolute atomic E-state index is 0.218. The SMILES string of the molecule is Oc1cc2scc(F)c2cc1O. The molecule has 0 aliphatic heterocycles. The van der Waals surface area contributed by atoms with E-state index in [-0.39, 0.29) is 17.3 Å². The van der Waals surface area contributed by atoms with Crippen molar-refractivity contribution in [3.63, 3.8) is 0 Å². The molecule has 0 radical (unpaired) electrons. The van der Waals surface area contributed by atoms with Crippen LogP contribution in [0.15, 0.2) is 17.5 Å². The number of thiophene rings is 1. The van der Waals surface area contributed by atoms with E-state index in [1.807, 2.05) is 0 Å². The first-order valence-corrected chi connectivity index (χ1v) is 4.15. The number of fused-ring (bicyclic) bond motifs is 1. The summed E-state index contributed by atoms with van der Waals surface area (Å²) in [5.41, 5.74) is 0. The molecular weight excluding hydrogens is 179 g/mol. The van der Waals surface area contributed by atoms with Gasteiger partial charge in [0.15, 0.2) is 11.5 Å². The summed E-state index contributed by atoms with van der Waals surface area (Å²) in [5.74, 6) is -0.880. The van der Waals surface area contributed by atoms with Gasteiger partial charge in [-0.05, 0) is 6.07 Å². The molecule has 2 aromatic rings. The molecule has 2 rings (SSSR count). The first kappa shape index (κ1) is 7.36. The second kappa shape index (κ2) is 2.35. The molecule has 0 fully saturated rings. The monoisotopic (exact) mass is 184 g/mol. The van der Waals surface area contributed by atoms with Crippen molar-refractivity contribution in [1.29, 1.82) is 0 Å². The van der Waals surface area contributed by atoms with Crippen LogP contribution in [0, 0.1) is 5.82 Å². The zero-order chi connectivity index (χ0) is 8.72. The number of halogens is 1. The molecular formula is C8H5FO2S. The summed E-state index contributed by atoms with van der Waals surface area (Å²) in [6, 6.07) is 2.56. The van der Waals surface area contributed by atoms with Gasteiger partial charge in [-0.1, -0.05) is 0 Å². The average Bonchev–Trinajstić information content (AvgIpc) is 2.35. The third-order valence-corrected chi connectivity index (χ3v) is 2.54. The van der Waals surface area contributed by atoms with E-state index < -0.39 is 0 Å². The predicted octanol–water partition coefficient (Wildman–Crippen LogP) is 2.45. The normalized spacial score (nSPS) is 10.8. The standard InChI is InChI=1S/C8H5FO2S/c9-5-3-12-8-2-7(11)6(10)1-4(5)8/h1-3,10-11H. The summed E-state index contributed by atoms with van der Waals surface area (Å²) in [6.45, 7) is 0. The van der Waals surface area contributed by atoms with E-state index in [1.54, 1.807) is 0 Å². The van der Waals surface area contributed by atoms with Crippen molar-refractivity contribution >= 4 is 21.4 Å². The Labute approximate surface area is 71.5 Å². The van der Waals surface area contributed by atoms with Gasteiger partial charge in [0.05, 0.1) is 0 Å². The van der Waals surface area contributed by atoms with Crippen LogP contribution in [0.25, 0.3) is 10.1 Å². The van der Waals surface area contributed by atoms with Gasteiger partial charge in [0.25, 0.3) is 0 Å². The van der Waals surface area contributed by atoms with Gasteiger partial charge in [-0.3, -0.25) is 0 Å². The zero-order valence-electron chi connectivity index (χ0n) is 5.91. The predicted molar refractivity (Wildman–Crippen MR) is 45.1 cm³/mol. The summed E-state index contributed by atoms with van der Waals surface area (Å²) < 4.78 is 13.5. The molecule has 0 saturated heterocycles. The van der Waals surface area contributed by atoms with Crippen LogP contribution in [0.5, 0.6) is 11.5 Å². The van der Waals surface area contributed by atoms with Crippen molar-refractivity contribution < 1.29 is 14.6 Å². The second-order valence-electron chi connectivity index (χ2n) is 2.42. The molecule has 4 heteroatoms. The van der Waals surface area contributed by atoms with E-state index in [0.717, 1.165) is 0 Å². The molecule has 62 valence electrons. The molecule has 0 atom stereocenters. The van der Waals surface area contributed by atoms with E-state index in [9.17, 15) is 4.39 Å². The fraction of sp³-hybridized carbons (Fsp3) is 0. The van der Waals surface area contributed by atoms with Crippen LogP contribution in [0.4, 0.5) is 4.39 Å². The zero-order valence-corrected chi connectivity index (χ0v) is 6.73. The van der Waals surface area contributed by atoms with Gasteiger partial charge in [0.1, 0.15) is 5.82 Å². The Hall–Kier alpha value is -1.29. The van der Waals surface area contributed by atoms with Crippen LogP contribution in [-0.2, 0) is 0 Å². The topological polar surface area (TPSA) is 40.5 Å². The van der Waals surface area contributed by atoms with Crippen LogP contribution in [0.3, 0.4) is 0 Å². The van der Waals surface area contributed by atoms with Crippen molar-refractivity contribution in [1.82, 2.24) is 0 Å². The average molecular weight is 184 g/mol. The van der Waals surface area contributed by atoms with Crippen LogP contribution in [0.1, 0.15) is 0 Å². The Bertz CT molecular complexity index is 436. The summed E-state index contributed by atoms with van der Waals surface area (Å²) in [4.78, 5) is 0. The molecule has 0 aliphatic rings. The van der Waals surface area contributed by atoms with Gasteiger partial charge < -0.3 is 10.2 Å². The Morgan fingerprint density at radius 1 is 1.17 bits per heavy atom. The fourth-order valence-electron chi connectivity index (χ4n) is 1.02. The minimum atomic E-state index is -0.370. The third kappa shape index (κ3) is 0.921. The molecule has 1 aromatic carbocycles. The molecule has 2 N–H and O–H groups in total. The van der Waals surface area contributed by atoms with Gasteiger partial charge >= 0.3 is 0 Å². The largest absolute Gasteiger partial charge is 0.504 e. The molecule has 0 bridgehead atoms.